The number of hydrogen-bond acceptors (Lipinski definition) is 7. The van der Waals surface area contributed by atoms with Gasteiger partial charge in [0.15, 0.2) is 5.13 Å². The van der Waals surface area contributed by atoms with Crippen molar-refractivity contribution in [2.45, 2.75) is 34.3 Å². The summed E-state index contributed by atoms with van der Waals surface area (Å²) in [5.41, 5.74) is 3.90. The van der Waals surface area contributed by atoms with Crippen molar-refractivity contribution in [1.29, 1.82) is 0 Å². The fraction of sp³-hybridized carbons (Fsp3) is 0.227. The molecule has 0 unspecified atom stereocenters. The van der Waals surface area contributed by atoms with Crippen molar-refractivity contribution in [2.75, 3.05) is 5.32 Å². The molecular formula is C22H21N3O4S. The van der Waals surface area contributed by atoms with Crippen LogP contribution in [0.15, 0.2) is 44.7 Å². The fourth-order valence-corrected chi connectivity index (χ4v) is 3.81. The first-order chi connectivity index (χ1) is 14.4. The highest BCUT2D eigenvalue weighted by Gasteiger charge is 2.14. The van der Waals surface area contributed by atoms with E-state index in [4.69, 9.17) is 13.7 Å². The van der Waals surface area contributed by atoms with E-state index >= 15 is 0 Å². The Bertz CT molecular complexity index is 1190. The van der Waals surface area contributed by atoms with E-state index in [9.17, 15) is 4.79 Å². The van der Waals surface area contributed by atoms with Crippen molar-refractivity contribution >= 4 is 22.4 Å². The minimum atomic E-state index is -0.251. The number of rotatable bonds is 6. The van der Waals surface area contributed by atoms with Crippen LogP contribution in [0.4, 0.5) is 5.13 Å². The van der Waals surface area contributed by atoms with Gasteiger partial charge in [-0.2, -0.15) is 0 Å². The second-order valence-electron chi connectivity index (χ2n) is 6.94. The number of nitrogens with one attached hydrogen (secondary N) is 1. The maximum absolute atomic E-state index is 12.7. The molecule has 3 heterocycles. The van der Waals surface area contributed by atoms with Crippen LogP contribution in [0, 0.1) is 27.7 Å². The highest BCUT2D eigenvalue weighted by atomic mass is 32.1. The maximum Gasteiger partial charge on any atom is 0.257 e. The van der Waals surface area contributed by atoms with Gasteiger partial charge in [0.05, 0.1) is 17.0 Å². The third kappa shape index (κ3) is 4.13. The molecule has 0 fully saturated rings. The van der Waals surface area contributed by atoms with Crippen LogP contribution in [0.5, 0.6) is 5.75 Å². The molecule has 0 aliphatic carbocycles. The molecule has 154 valence electrons. The Labute approximate surface area is 177 Å². The number of carbonyl (C=O) groups is 1. The van der Waals surface area contributed by atoms with Crippen LogP contribution in [0.25, 0.3) is 11.3 Å². The van der Waals surface area contributed by atoms with Gasteiger partial charge in [-0.15, -0.1) is 11.3 Å². The molecule has 0 radical (unpaired) electrons. The minimum absolute atomic E-state index is 0.251. The number of anilines is 1. The zero-order valence-corrected chi connectivity index (χ0v) is 17.9. The summed E-state index contributed by atoms with van der Waals surface area (Å²) >= 11 is 1.37. The maximum atomic E-state index is 12.7. The van der Waals surface area contributed by atoms with E-state index in [1.807, 2.05) is 39.1 Å². The number of aryl methyl sites for hydroxylation is 4. The lowest BCUT2D eigenvalue weighted by Gasteiger charge is -2.08. The first-order valence-electron chi connectivity index (χ1n) is 9.39. The van der Waals surface area contributed by atoms with Gasteiger partial charge >= 0.3 is 0 Å². The first-order valence-corrected chi connectivity index (χ1v) is 10.3. The van der Waals surface area contributed by atoms with E-state index in [1.54, 1.807) is 24.3 Å². The molecular weight excluding hydrogens is 402 g/mol. The molecule has 8 heteroatoms. The lowest BCUT2D eigenvalue weighted by molar-refractivity contribution is 0.102. The van der Waals surface area contributed by atoms with E-state index in [-0.39, 0.29) is 5.91 Å². The van der Waals surface area contributed by atoms with Gasteiger partial charge in [0.1, 0.15) is 29.6 Å². The number of aromatic nitrogens is 2. The second kappa shape index (κ2) is 8.16. The number of amides is 1. The predicted molar refractivity (Wildman–Crippen MR) is 114 cm³/mol. The number of ether oxygens (including phenoxy) is 1. The number of furan rings is 1. The van der Waals surface area contributed by atoms with Gasteiger partial charge in [0.2, 0.25) is 0 Å². The average Bonchev–Trinajstić information content (AvgIpc) is 3.40. The second-order valence-corrected chi connectivity index (χ2v) is 7.80. The van der Waals surface area contributed by atoms with Crippen LogP contribution in [-0.4, -0.2) is 16.0 Å². The number of carbonyl (C=O) groups excluding carboxylic acids is 1. The average molecular weight is 423 g/mol. The zero-order valence-electron chi connectivity index (χ0n) is 17.1. The van der Waals surface area contributed by atoms with Crippen LogP contribution in [0.1, 0.15) is 38.9 Å². The van der Waals surface area contributed by atoms with Crippen molar-refractivity contribution in [3.05, 3.63) is 69.8 Å². The molecule has 7 nitrogen and oxygen atoms in total. The largest absolute Gasteiger partial charge is 0.489 e. The smallest absolute Gasteiger partial charge is 0.257 e. The Hall–Kier alpha value is -3.39. The van der Waals surface area contributed by atoms with Gasteiger partial charge in [-0.1, -0.05) is 11.2 Å². The van der Waals surface area contributed by atoms with Gasteiger partial charge in [-0.3, -0.25) is 10.1 Å². The monoisotopic (exact) mass is 423 g/mol. The molecule has 0 aliphatic heterocycles. The third-order valence-corrected chi connectivity index (χ3v) is 5.46. The molecule has 0 atom stereocenters. The Morgan fingerprint density at radius 3 is 2.70 bits per heavy atom. The molecule has 1 N–H and O–H groups in total. The molecule has 0 saturated carbocycles. The topological polar surface area (TPSA) is 90.4 Å². The molecule has 4 aromatic rings. The normalized spacial score (nSPS) is 10.9. The SMILES string of the molecule is Cc1cc(-c2csc(NC(=O)c3cccc(OCc4c(C)noc4C)c3)n2)c(C)o1. The summed E-state index contributed by atoms with van der Waals surface area (Å²) in [6.07, 6.45) is 0. The lowest BCUT2D eigenvalue weighted by atomic mass is 10.2. The van der Waals surface area contributed by atoms with Crippen molar-refractivity contribution in [2.24, 2.45) is 0 Å². The summed E-state index contributed by atoms with van der Waals surface area (Å²) in [5.74, 6) is 2.70. The number of nitrogens with zero attached hydrogens (tertiary/aromatic N) is 2. The van der Waals surface area contributed by atoms with Crippen molar-refractivity contribution in [3.8, 4) is 17.0 Å². The van der Waals surface area contributed by atoms with Crippen LogP contribution < -0.4 is 10.1 Å². The summed E-state index contributed by atoms with van der Waals surface area (Å²) in [4.78, 5) is 17.2. The van der Waals surface area contributed by atoms with Gasteiger partial charge < -0.3 is 13.7 Å². The summed E-state index contributed by atoms with van der Waals surface area (Å²) in [6, 6.07) is 8.96. The molecule has 0 bridgehead atoms. The summed E-state index contributed by atoms with van der Waals surface area (Å²) in [5, 5.41) is 9.19. The predicted octanol–water partition coefficient (Wildman–Crippen LogP) is 5.46. The Morgan fingerprint density at radius 1 is 1.17 bits per heavy atom. The molecule has 30 heavy (non-hydrogen) atoms. The van der Waals surface area contributed by atoms with E-state index in [2.05, 4.69) is 15.5 Å². The zero-order chi connectivity index (χ0) is 21.3. The van der Waals surface area contributed by atoms with Crippen LogP contribution >= 0.6 is 11.3 Å². The first kappa shape index (κ1) is 19.9. The molecule has 4 rings (SSSR count). The Morgan fingerprint density at radius 2 is 2.00 bits per heavy atom. The molecule has 3 aromatic heterocycles. The van der Waals surface area contributed by atoms with E-state index in [0.717, 1.165) is 39.8 Å². The quantitative estimate of drug-likeness (QED) is 0.443. The van der Waals surface area contributed by atoms with E-state index in [1.165, 1.54) is 11.3 Å². The van der Waals surface area contributed by atoms with E-state index < -0.39 is 0 Å². The molecule has 0 saturated heterocycles. The lowest BCUT2D eigenvalue weighted by Crippen LogP contribution is -2.11. The number of benzene rings is 1. The summed E-state index contributed by atoms with van der Waals surface area (Å²) < 4.78 is 16.5. The van der Waals surface area contributed by atoms with Crippen molar-refractivity contribution in [1.82, 2.24) is 10.1 Å². The highest BCUT2D eigenvalue weighted by Crippen LogP contribution is 2.30. The molecule has 1 aromatic carbocycles. The van der Waals surface area contributed by atoms with E-state index in [0.29, 0.717) is 23.1 Å². The number of hydrogen-bond donors (Lipinski definition) is 1. The minimum Gasteiger partial charge on any atom is -0.489 e. The number of thiazole rings is 1. The highest BCUT2D eigenvalue weighted by molar-refractivity contribution is 7.14. The Balaban J connectivity index is 1.44. The van der Waals surface area contributed by atoms with Gasteiger partial charge in [0, 0.05) is 16.5 Å². The van der Waals surface area contributed by atoms with Crippen LogP contribution in [-0.2, 0) is 6.61 Å². The Kier molecular flexibility index (Phi) is 5.41. The molecule has 0 aliphatic rings. The fourth-order valence-electron chi connectivity index (χ4n) is 3.10. The van der Waals surface area contributed by atoms with Gasteiger partial charge in [-0.25, -0.2) is 4.98 Å². The summed E-state index contributed by atoms with van der Waals surface area (Å²) in [7, 11) is 0. The van der Waals surface area contributed by atoms with Gasteiger partial charge in [-0.05, 0) is 52.0 Å². The van der Waals surface area contributed by atoms with Crippen molar-refractivity contribution in [3.63, 3.8) is 0 Å². The van der Waals surface area contributed by atoms with Crippen molar-refractivity contribution < 1.29 is 18.5 Å². The third-order valence-electron chi connectivity index (χ3n) is 4.70. The van der Waals surface area contributed by atoms with Crippen LogP contribution in [0.2, 0.25) is 0 Å². The molecule has 1 amide bonds. The van der Waals surface area contributed by atoms with Gasteiger partial charge in [0.25, 0.3) is 5.91 Å². The summed E-state index contributed by atoms with van der Waals surface area (Å²) in [6.45, 7) is 7.83. The van der Waals surface area contributed by atoms with Crippen LogP contribution in [0.3, 0.4) is 0 Å². The standard InChI is InChI=1S/C22H21N3O4S/c1-12-8-18(14(3)28-12)20-11-30-22(23-20)24-21(26)16-6-5-7-17(9-16)27-10-19-13(2)25-29-15(19)4/h5-9,11H,10H2,1-4H3,(H,23,24,26). The molecule has 0 spiro atoms.